The average molecular weight is 366 g/mol. The van der Waals surface area contributed by atoms with E-state index in [1.165, 1.54) is 6.92 Å². The van der Waals surface area contributed by atoms with Crippen molar-refractivity contribution in [1.29, 1.82) is 0 Å². The van der Waals surface area contributed by atoms with E-state index in [0.29, 0.717) is 16.3 Å². The van der Waals surface area contributed by atoms with Gasteiger partial charge in [0, 0.05) is 11.3 Å². The van der Waals surface area contributed by atoms with E-state index in [2.05, 4.69) is 15.6 Å². The van der Waals surface area contributed by atoms with E-state index in [9.17, 15) is 9.59 Å². The van der Waals surface area contributed by atoms with Gasteiger partial charge < -0.3 is 10.6 Å². The Morgan fingerprint density at radius 3 is 2.23 bits per heavy atom. The van der Waals surface area contributed by atoms with E-state index < -0.39 is 0 Å². The fourth-order valence-corrected chi connectivity index (χ4v) is 2.49. The summed E-state index contributed by atoms with van der Waals surface area (Å²) >= 11 is 6.11. The van der Waals surface area contributed by atoms with Crippen LogP contribution in [0, 0.1) is 0 Å². The minimum absolute atomic E-state index is 0.0221. The number of pyridine rings is 1. The molecule has 2 aromatic carbocycles. The van der Waals surface area contributed by atoms with Crippen molar-refractivity contribution >= 4 is 40.4 Å². The SMILES string of the molecule is CC(=O)c1ccc(NC(=O)c2ccc(Nc3ccccc3Cl)cn2)cc1. The van der Waals surface area contributed by atoms with Crippen molar-refractivity contribution in [2.75, 3.05) is 10.6 Å². The number of hydrogen-bond donors (Lipinski definition) is 2. The maximum absolute atomic E-state index is 12.3. The minimum Gasteiger partial charge on any atom is -0.353 e. The van der Waals surface area contributed by atoms with Crippen LogP contribution in [0.5, 0.6) is 0 Å². The van der Waals surface area contributed by atoms with E-state index in [-0.39, 0.29) is 17.4 Å². The van der Waals surface area contributed by atoms with E-state index in [1.54, 1.807) is 48.7 Å². The van der Waals surface area contributed by atoms with Crippen molar-refractivity contribution in [3.63, 3.8) is 0 Å². The third-order valence-electron chi connectivity index (χ3n) is 3.70. The van der Waals surface area contributed by atoms with Gasteiger partial charge in [-0.2, -0.15) is 0 Å². The van der Waals surface area contributed by atoms with Crippen LogP contribution in [0.15, 0.2) is 66.9 Å². The standard InChI is InChI=1S/C20H16ClN3O2/c1-13(25)14-6-8-15(9-7-14)24-20(26)19-11-10-16(12-22-19)23-18-5-3-2-4-17(18)21/h2-12,23H,1H3,(H,24,26). The molecule has 6 heteroatoms. The highest BCUT2D eigenvalue weighted by atomic mass is 35.5. The lowest BCUT2D eigenvalue weighted by Crippen LogP contribution is -2.13. The Morgan fingerprint density at radius 1 is 0.923 bits per heavy atom. The van der Waals surface area contributed by atoms with Gasteiger partial charge in [-0.15, -0.1) is 0 Å². The second kappa shape index (κ2) is 7.80. The number of carbonyl (C=O) groups is 2. The number of rotatable bonds is 5. The number of aromatic nitrogens is 1. The first-order valence-corrected chi connectivity index (χ1v) is 8.31. The molecule has 1 amide bonds. The number of benzene rings is 2. The summed E-state index contributed by atoms with van der Waals surface area (Å²) in [5, 5.41) is 6.50. The zero-order valence-electron chi connectivity index (χ0n) is 14.0. The molecule has 2 N–H and O–H groups in total. The Labute approximate surface area is 156 Å². The number of amides is 1. The second-order valence-corrected chi connectivity index (χ2v) is 6.03. The summed E-state index contributed by atoms with van der Waals surface area (Å²) in [5.41, 5.74) is 2.96. The number of halogens is 1. The molecule has 1 heterocycles. The molecule has 0 aliphatic rings. The first-order chi connectivity index (χ1) is 12.5. The lowest BCUT2D eigenvalue weighted by atomic mass is 10.1. The fourth-order valence-electron chi connectivity index (χ4n) is 2.30. The van der Waals surface area contributed by atoms with Gasteiger partial charge in [0.1, 0.15) is 5.69 Å². The lowest BCUT2D eigenvalue weighted by molar-refractivity contribution is 0.101. The van der Waals surface area contributed by atoms with Crippen LogP contribution < -0.4 is 10.6 Å². The number of anilines is 3. The van der Waals surface area contributed by atoms with Gasteiger partial charge in [-0.3, -0.25) is 9.59 Å². The highest BCUT2D eigenvalue weighted by Gasteiger charge is 2.09. The monoisotopic (exact) mass is 365 g/mol. The Balaban J connectivity index is 1.67. The summed E-state index contributed by atoms with van der Waals surface area (Å²) in [5.74, 6) is -0.351. The fraction of sp³-hybridized carbons (Fsp3) is 0.0500. The lowest BCUT2D eigenvalue weighted by Gasteiger charge is -2.09. The molecular weight excluding hydrogens is 350 g/mol. The van der Waals surface area contributed by atoms with Gasteiger partial charge in [-0.1, -0.05) is 23.7 Å². The Morgan fingerprint density at radius 2 is 1.62 bits per heavy atom. The zero-order chi connectivity index (χ0) is 18.5. The van der Waals surface area contributed by atoms with Crippen LogP contribution in [-0.4, -0.2) is 16.7 Å². The highest BCUT2D eigenvalue weighted by molar-refractivity contribution is 6.33. The van der Waals surface area contributed by atoms with E-state index in [1.807, 2.05) is 18.2 Å². The van der Waals surface area contributed by atoms with Crippen molar-refractivity contribution in [2.45, 2.75) is 6.92 Å². The normalized spacial score (nSPS) is 10.2. The quantitative estimate of drug-likeness (QED) is 0.628. The average Bonchev–Trinajstić information content (AvgIpc) is 2.64. The first kappa shape index (κ1) is 17.6. The van der Waals surface area contributed by atoms with Crippen LogP contribution in [0.3, 0.4) is 0 Å². The molecule has 130 valence electrons. The summed E-state index contributed by atoms with van der Waals surface area (Å²) in [6, 6.07) is 17.4. The number of hydrogen-bond acceptors (Lipinski definition) is 4. The van der Waals surface area contributed by atoms with Crippen molar-refractivity contribution in [3.8, 4) is 0 Å². The van der Waals surface area contributed by atoms with E-state index in [0.717, 1.165) is 11.4 Å². The molecule has 3 aromatic rings. The molecule has 0 unspecified atom stereocenters. The summed E-state index contributed by atoms with van der Waals surface area (Å²) in [7, 11) is 0. The number of ketones is 1. The van der Waals surface area contributed by atoms with Crippen LogP contribution in [0.2, 0.25) is 5.02 Å². The third-order valence-corrected chi connectivity index (χ3v) is 4.03. The predicted octanol–water partition coefficient (Wildman–Crippen LogP) is 4.93. The third kappa shape index (κ3) is 4.26. The first-order valence-electron chi connectivity index (χ1n) is 7.93. The molecule has 1 aromatic heterocycles. The van der Waals surface area contributed by atoms with E-state index >= 15 is 0 Å². The smallest absolute Gasteiger partial charge is 0.274 e. The molecular formula is C20H16ClN3O2. The maximum Gasteiger partial charge on any atom is 0.274 e. The number of Topliss-reactive ketones (excluding diaryl/α,β-unsaturated/α-hetero) is 1. The van der Waals surface area contributed by atoms with Crippen LogP contribution in [-0.2, 0) is 0 Å². The molecule has 0 spiro atoms. The molecule has 5 nitrogen and oxygen atoms in total. The topological polar surface area (TPSA) is 71.1 Å². The highest BCUT2D eigenvalue weighted by Crippen LogP contribution is 2.24. The molecule has 0 aliphatic carbocycles. The number of nitrogens with zero attached hydrogens (tertiary/aromatic N) is 1. The van der Waals surface area contributed by atoms with Gasteiger partial charge in [0.05, 0.1) is 22.6 Å². The summed E-state index contributed by atoms with van der Waals surface area (Å²) in [6.45, 7) is 1.50. The van der Waals surface area contributed by atoms with Gasteiger partial charge in [-0.05, 0) is 55.5 Å². The van der Waals surface area contributed by atoms with Crippen LogP contribution in [0.25, 0.3) is 0 Å². The molecule has 0 atom stereocenters. The van der Waals surface area contributed by atoms with Crippen molar-refractivity contribution in [1.82, 2.24) is 4.98 Å². The molecule has 0 fully saturated rings. The largest absolute Gasteiger partial charge is 0.353 e. The molecule has 0 aliphatic heterocycles. The summed E-state index contributed by atoms with van der Waals surface area (Å²) < 4.78 is 0. The predicted molar refractivity (Wildman–Crippen MR) is 103 cm³/mol. The van der Waals surface area contributed by atoms with Crippen molar-refractivity contribution in [2.24, 2.45) is 0 Å². The van der Waals surface area contributed by atoms with Crippen LogP contribution >= 0.6 is 11.6 Å². The van der Waals surface area contributed by atoms with Crippen LogP contribution in [0.1, 0.15) is 27.8 Å². The number of para-hydroxylation sites is 1. The van der Waals surface area contributed by atoms with Crippen LogP contribution in [0.4, 0.5) is 17.1 Å². The Kier molecular flexibility index (Phi) is 5.29. The molecule has 3 rings (SSSR count). The zero-order valence-corrected chi connectivity index (χ0v) is 14.7. The number of nitrogens with one attached hydrogen (secondary N) is 2. The number of carbonyl (C=O) groups excluding carboxylic acids is 2. The maximum atomic E-state index is 12.3. The van der Waals surface area contributed by atoms with Crippen molar-refractivity contribution < 1.29 is 9.59 Å². The van der Waals surface area contributed by atoms with Crippen molar-refractivity contribution in [3.05, 3.63) is 83.1 Å². The van der Waals surface area contributed by atoms with Gasteiger partial charge in [0.25, 0.3) is 5.91 Å². The Bertz CT molecular complexity index is 938. The summed E-state index contributed by atoms with van der Waals surface area (Å²) in [4.78, 5) is 27.7. The molecule has 0 saturated heterocycles. The molecule has 0 saturated carbocycles. The molecule has 26 heavy (non-hydrogen) atoms. The second-order valence-electron chi connectivity index (χ2n) is 5.62. The van der Waals surface area contributed by atoms with Gasteiger partial charge in [0.2, 0.25) is 0 Å². The molecule has 0 bridgehead atoms. The van der Waals surface area contributed by atoms with Gasteiger partial charge in [0.15, 0.2) is 5.78 Å². The molecule has 0 radical (unpaired) electrons. The Hall–Kier alpha value is -3.18. The summed E-state index contributed by atoms with van der Waals surface area (Å²) in [6.07, 6.45) is 1.57. The minimum atomic E-state index is -0.329. The van der Waals surface area contributed by atoms with Gasteiger partial charge in [-0.25, -0.2) is 4.98 Å². The van der Waals surface area contributed by atoms with Gasteiger partial charge >= 0.3 is 0 Å². The van der Waals surface area contributed by atoms with E-state index in [4.69, 9.17) is 11.6 Å².